The number of methoxy groups -OCH3 is 1. The van der Waals surface area contributed by atoms with E-state index in [2.05, 4.69) is 40.2 Å². The lowest BCUT2D eigenvalue weighted by Gasteiger charge is -2.09. The zero-order chi connectivity index (χ0) is 12.1. The molecule has 0 bridgehead atoms. The molecule has 17 heavy (non-hydrogen) atoms. The van der Waals surface area contributed by atoms with Crippen LogP contribution < -0.4 is 4.74 Å². The molecule has 2 rings (SSSR count). The van der Waals surface area contributed by atoms with Gasteiger partial charge < -0.3 is 9.47 Å². The quantitative estimate of drug-likeness (QED) is 0.617. The maximum atomic E-state index is 5.72. The van der Waals surface area contributed by atoms with Crippen molar-refractivity contribution in [2.24, 2.45) is 0 Å². The molecule has 2 aromatic rings. The van der Waals surface area contributed by atoms with E-state index in [-0.39, 0.29) is 0 Å². The van der Waals surface area contributed by atoms with Crippen molar-refractivity contribution in [1.82, 2.24) is 0 Å². The van der Waals surface area contributed by atoms with Crippen molar-refractivity contribution >= 4 is 26.7 Å². The average Bonchev–Trinajstić information content (AvgIpc) is 2.39. The maximum Gasteiger partial charge on any atom is 0.127 e. The molecule has 0 unspecified atom stereocenters. The van der Waals surface area contributed by atoms with Crippen LogP contribution in [0.4, 0.5) is 0 Å². The van der Waals surface area contributed by atoms with Crippen molar-refractivity contribution in [1.29, 1.82) is 0 Å². The summed E-state index contributed by atoms with van der Waals surface area (Å²) in [6.45, 7) is 1.18. The standard InChI is InChI=1S/C14H15BrO2/c1-16-7-8-17-14-4-2-3-12-6-5-11(10-15)9-13(12)14/h2-6,9H,7-8,10H2,1H3. The van der Waals surface area contributed by atoms with Gasteiger partial charge in [-0.2, -0.15) is 0 Å². The van der Waals surface area contributed by atoms with Crippen LogP contribution in [0.1, 0.15) is 5.56 Å². The molecule has 0 fully saturated rings. The van der Waals surface area contributed by atoms with Crippen LogP contribution in [0.15, 0.2) is 36.4 Å². The second-order valence-corrected chi connectivity index (χ2v) is 4.35. The Labute approximate surface area is 110 Å². The highest BCUT2D eigenvalue weighted by Gasteiger charge is 2.02. The molecule has 0 amide bonds. The van der Waals surface area contributed by atoms with E-state index in [4.69, 9.17) is 9.47 Å². The molecular formula is C14H15BrO2. The van der Waals surface area contributed by atoms with E-state index >= 15 is 0 Å². The van der Waals surface area contributed by atoms with E-state index in [0.29, 0.717) is 13.2 Å². The molecule has 0 aliphatic carbocycles. The zero-order valence-corrected chi connectivity index (χ0v) is 11.4. The van der Waals surface area contributed by atoms with Gasteiger partial charge in [0.25, 0.3) is 0 Å². The first-order valence-electron chi connectivity index (χ1n) is 5.54. The number of hydrogen-bond acceptors (Lipinski definition) is 2. The molecule has 0 saturated carbocycles. The second-order valence-electron chi connectivity index (χ2n) is 3.79. The minimum Gasteiger partial charge on any atom is -0.491 e. The first-order chi connectivity index (χ1) is 8.35. The van der Waals surface area contributed by atoms with Crippen molar-refractivity contribution in [3.05, 3.63) is 42.0 Å². The summed E-state index contributed by atoms with van der Waals surface area (Å²) in [4.78, 5) is 0. The molecule has 0 aliphatic heterocycles. The minimum absolute atomic E-state index is 0.578. The Hall–Kier alpha value is -1.06. The van der Waals surface area contributed by atoms with Crippen LogP contribution in [-0.2, 0) is 10.1 Å². The van der Waals surface area contributed by atoms with Crippen LogP contribution in [0, 0.1) is 0 Å². The molecule has 3 heteroatoms. The molecule has 2 nitrogen and oxygen atoms in total. The van der Waals surface area contributed by atoms with Gasteiger partial charge in [-0.05, 0) is 23.1 Å². The third-order valence-electron chi connectivity index (χ3n) is 2.61. The van der Waals surface area contributed by atoms with Gasteiger partial charge in [0, 0.05) is 17.8 Å². The maximum absolute atomic E-state index is 5.72. The fourth-order valence-corrected chi connectivity index (χ4v) is 2.08. The summed E-state index contributed by atoms with van der Waals surface area (Å²) >= 11 is 3.47. The van der Waals surface area contributed by atoms with E-state index in [1.807, 2.05) is 12.1 Å². The Balaban J connectivity index is 2.33. The van der Waals surface area contributed by atoms with E-state index < -0.39 is 0 Å². The van der Waals surface area contributed by atoms with Crippen molar-refractivity contribution < 1.29 is 9.47 Å². The second kappa shape index (κ2) is 6.03. The first kappa shape index (κ1) is 12.4. The van der Waals surface area contributed by atoms with Gasteiger partial charge in [-0.25, -0.2) is 0 Å². The van der Waals surface area contributed by atoms with Gasteiger partial charge in [0.2, 0.25) is 0 Å². The molecule has 0 aliphatic rings. The predicted molar refractivity (Wildman–Crippen MR) is 74.0 cm³/mol. The number of ether oxygens (including phenoxy) is 2. The zero-order valence-electron chi connectivity index (χ0n) is 9.78. The summed E-state index contributed by atoms with van der Waals surface area (Å²) < 4.78 is 10.7. The summed E-state index contributed by atoms with van der Waals surface area (Å²) in [5.74, 6) is 0.919. The fourth-order valence-electron chi connectivity index (χ4n) is 1.74. The minimum atomic E-state index is 0.578. The van der Waals surface area contributed by atoms with Gasteiger partial charge in [0.15, 0.2) is 0 Å². The highest BCUT2D eigenvalue weighted by atomic mass is 79.9. The summed E-state index contributed by atoms with van der Waals surface area (Å²) in [7, 11) is 1.68. The topological polar surface area (TPSA) is 18.5 Å². The van der Waals surface area contributed by atoms with Crippen molar-refractivity contribution in [3.63, 3.8) is 0 Å². The molecule has 0 aromatic heterocycles. The van der Waals surface area contributed by atoms with Gasteiger partial charge in [-0.1, -0.05) is 40.2 Å². The van der Waals surface area contributed by atoms with Crippen LogP contribution in [0.2, 0.25) is 0 Å². The van der Waals surface area contributed by atoms with Crippen LogP contribution in [-0.4, -0.2) is 20.3 Å². The summed E-state index contributed by atoms with van der Waals surface area (Å²) in [6, 6.07) is 12.5. The van der Waals surface area contributed by atoms with Crippen molar-refractivity contribution in [2.75, 3.05) is 20.3 Å². The Bertz CT molecular complexity index is 497. The Morgan fingerprint density at radius 3 is 2.76 bits per heavy atom. The Morgan fingerprint density at radius 2 is 2.00 bits per heavy atom. The van der Waals surface area contributed by atoms with E-state index in [1.165, 1.54) is 10.9 Å². The summed E-state index contributed by atoms with van der Waals surface area (Å²) in [5.41, 5.74) is 1.25. The van der Waals surface area contributed by atoms with Gasteiger partial charge >= 0.3 is 0 Å². The molecule has 0 N–H and O–H groups in total. The molecule has 2 aromatic carbocycles. The van der Waals surface area contributed by atoms with E-state index in [9.17, 15) is 0 Å². The number of halogens is 1. The smallest absolute Gasteiger partial charge is 0.127 e. The Kier molecular flexibility index (Phi) is 4.40. The number of alkyl halides is 1. The average molecular weight is 295 g/mol. The lowest BCUT2D eigenvalue weighted by molar-refractivity contribution is 0.147. The Morgan fingerprint density at radius 1 is 1.12 bits per heavy atom. The summed E-state index contributed by atoms with van der Waals surface area (Å²) in [5, 5.41) is 3.21. The van der Waals surface area contributed by atoms with Crippen LogP contribution in [0.25, 0.3) is 10.8 Å². The number of fused-ring (bicyclic) bond motifs is 1. The normalized spacial score (nSPS) is 10.7. The predicted octanol–water partition coefficient (Wildman–Crippen LogP) is 3.76. The van der Waals surface area contributed by atoms with Gasteiger partial charge in [0.1, 0.15) is 12.4 Å². The highest BCUT2D eigenvalue weighted by molar-refractivity contribution is 9.08. The van der Waals surface area contributed by atoms with Crippen LogP contribution in [0.3, 0.4) is 0 Å². The van der Waals surface area contributed by atoms with E-state index in [0.717, 1.165) is 16.5 Å². The van der Waals surface area contributed by atoms with Crippen LogP contribution >= 0.6 is 15.9 Å². The summed E-state index contributed by atoms with van der Waals surface area (Å²) in [6.07, 6.45) is 0. The number of hydrogen-bond donors (Lipinski definition) is 0. The molecule has 0 heterocycles. The van der Waals surface area contributed by atoms with Crippen LogP contribution in [0.5, 0.6) is 5.75 Å². The monoisotopic (exact) mass is 294 g/mol. The van der Waals surface area contributed by atoms with Gasteiger partial charge in [-0.15, -0.1) is 0 Å². The third kappa shape index (κ3) is 2.99. The number of benzene rings is 2. The molecular weight excluding hydrogens is 280 g/mol. The largest absolute Gasteiger partial charge is 0.491 e. The molecule has 0 spiro atoms. The fraction of sp³-hybridized carbons (Fsp3) is 0.286. The third-order valence-corrected chi connectivity index (χ3v) is 3.25. The highest BCUT2D eigenvalue weighted by Crippen LogP contribution is 2.27. The molecule has 90 valence electrons. The van der Waals surface area contributed by atoms with Crippen molar-refractivity contribution in [3.8, 4) is 5.75 Å². The molecule has 0 saturated heterocycles. The lowest BCUT2D eigenvalue weighted by atomic mass is 10.1. The van der Waals surface area contributed by atoms with Gasteiger partial charge in [-0.3, -0.25) is 0 Å². The lowest BCUT2D eigenvalue weighted by Crippen LogP contribution is -2.04. The molecule has 0 radical (unpaired) electrons. The van der Waals surface area contributed by atoms with Crippen molar-refractivity contribution in [2.45, 2.75) is 5.33 Å². The molecule has 0 atom stereocenters. The first-order valence-corrected chi connectivity index (χ1v) is 6.66. The number of rotatable bonds is 5. The van der Waals surface area contributed by atoms with Gasteiger partial charge in [0.05, 0.1) is 6.61 Å². The van der Waals surface area contributed by atoms with E-state index in [1.54, 1.807) is 7.11 Å². The SMILES string of the molecule is COCCOc1cccc2ccc(CBr)cc12.